The maximum atomic E-state index is 11.7. The largest absolute Gasteiger partial charge is 0.459 e. The molecular formula is C17H22N2O2. The van der Waals surface area contributed by atoms with Crippen LogP contribution in [-0.4, -0.2) is 29.9 Å². The Morgan fingerprint density at radius 3 is 2.86 bits per heavy atom. The fourth-order valence-electron chi connectivity index (χ4n) is 3.01. The highest BCUT2D eigenvalue weighted by Gasteiger charge is 2.23. The van der Waals surface area contributed by atoms with Crippen molar-refractivity contribution < 1.29 is 9.21 Å². The number of furan rings is 1. The predicted octanol–water partition coefficient (Wildman–Crippen LogP) is 3.09. The van der Waals surface area contributed by atoms with Crippen LogP contribution >= 0.6 is 0 Å². The molecule has 3 rings (SSSR count). The lowest BCUT2D eigenvalue weighted by Crippen LogP contribution is -2.40. The van der Waals surface area contributed by atoms with Crippen molar-refractivity contribution in [1.82, 2.24) is 10.2 Å². The molecule has 0 bridgehead atoms. The van der Waals surface area contributed by atoms with Crippen molar-refractivity contribution >= 4 is 16.9 Å². The minimum atomic E-state index is 0.130. The quantitative estimate of drug-likeness (QED) is 0.918. The van der Waals surface area contributed by atoms with Gasteiger partial charge in [0, 0.05) is 30.9 Å². The van der Waals surface area contributed by atoms with Gasteiger partial charge in [0.1, 0.15) is 11.3 Å². The smallest absolute Gasteiger partial charge is 0.222 e. The summed E-state index contributed by atoms with van der Waals surface area (Å²) in [5.41, 5.74) is 0.920. The van der Waals surface area contributed by atoms with Crippen LogP contribution in [0.15, 0.2) is 34.7 Å². The number of likely N-dealkylation sites (tertiary alicyclic amines) is 1. The van der Waals surface area contributed by atoms with Crippen LogP contribution in [0.1, 0.15) is 38.5 Å². The van der Waals surface area contributed by atoms with Crippen molar-refractivity contribution in [2.75, 3.05) is 13.1 Å². The Hall–Kier alpha value is -1.81. The molecule has 2 heterocycles. The number of para-hydroxylation sites is 1. The van der Waals surface area contributed by atoms with Crippen molar-refractivity contribution in [3.05, 3.63) is 36.1 Å². The monoisotopic (exact) mass is 286 g/mol. The van der Waals surface area contributed by atoms with E-state index in [-0.39, 0.29) is 18.0 Å². The Bertz CT molecular complexity index is 602. The molecule has 0 radical (unpaired) electrons. The molecule has 4 heteroatoms. The Labute approximate surface area is 125 Å². The molecule has 1 aromatic carbocycles. The molecule has 2 unspecified atom stereocenters. The standard InChI is InChI=1S/C17H22N2O2/c1-12(11-19-9-5-8-17(19)20)18-13(2)16-10-14-6-3-4-7-15(14)21-16/h3-4,6-7,10,12-13,18H,5,8-9,11H2,1-2H3. The Morgan fingerprint density at radius 1 is 1.33 bits per heavy atom. The normalized spacial score (nSPS) is 18.4. The zero-order chi connectivity index (χ0) is 14.8. The van der Waals surface area contributed by atoms with E-state index in [0.29, 0.717) is 6.42 Å². The van der Waals surface area contributed by atoms with Gasteiger partial charge in [0.15, 0.2) is 0 Å². The van der Waals surface area contributed by atoms with E-state index in [9.17, 15) is 4.79 Å². The second-order valence-corrected chi connectivity index (χ2v) is 5.92. The van der Waals surface area contributed by atoms with E-state index >= 15 is 0 Å². The van der Waals surface area contributed by atoms with Gasteiger partial charge in [0.2, 0.25) is 5.91 Å². The summed E-state index contributed by atoms with van der Waals surface area (Å²) in [6.45, 7) is 5.87. The SMILES string of the molecule is CC(CN1CCCC1=O)NC(C)c1cc2ccccc2o1. The number of carbonyl (C=O) groups excluding carboxylic acids is 1. The summed E-state index contributed by atoms with van der Waals surface area (Å²) in [5.74, 6) is 1.22. The first-order valence-electron chi connectivity index (χ1n) is 7.66. The number of amides is 1. The second-order valence-electron chi connectivity index (χ2n) is 5.92. The average molecular weight is 286 g/mol. The van der Waals surface area contributed by atoms with E-state index < -0.39 is 0 Å². The van der Waals surface area contributed by atoms with Gasteiger partial charge in [-0.05, 0) is 32.4 Å². The van der Waals surface area contributed by atoms with Crippen LogP contribution < -0.4 is 5.32 Å². The summed E-state index contributed by atoms with van der Waals surface area (Å²) in [4.78, 5) is 13.6. The molecule has 1 amide bonds. The summed E-state index contributed by atoms with van der Waals surface area (Å²) >= 11 is 0. The fourth-order valence-corrected chi connectivity index (χ4v) is 3.01. The molecular weight excluding hydrogens is 264 g/mol. The first-order valence-corrected chi connectivity index (χ1v) is 7.66. The van der Waals surface area contributed by atoms with Gasteiger partial charge in [-0.15, -0.1) is 0 Å². The molecule has 0 aliphatic carbocycles. The first kappa shape index (κ1) is 14.1. The van der Waals surface area contributed by atoms with E-state index in [4.69, 9.17) is 4.42 Å². The molecule has 1 aliphatic rings. The number of nitrogens with one attached hydrogen (secondary N) is 1. The van der Waals surface area contributed by atoms with Gasteiger partial charge in [-0.1, -0.05) is 18.2 Å². The van der Waals surface area contributed by atoms with E-state index in [0.717, 1.165) is 36.2 Å². The summed E-state index contributed by atoms with van der Waals surface area (Å²) in [6, 6.07) is 10.5. The molecule has 0 spiro atoms. The molecule has 21 heavy (non-hydrogen) atoms. The number of fused-ring (bicyclic) bond motifs is 1. The molecule has 112 valence electrons. The van der Waals surface area contributed by atoms with Crippen molar-refractivity contribution in [2.45, 2.75) is 38.8 Å². The van der Waals surface area contributed by atoms with Crippen molar-refractivity contribution in [1.29, 1.82) is 0 Å². The number of benzene rings is 1. The molecule has 1 fully saturated rings. The summed E-state index contributed by atoms with van der Waals surface area (Å²) in [5, 5.41) is 4.65. The lowest BCUT2D eigenvalue weighted by Gasteiger charge is -2.24. The summed E-state index contributed by atoms with van der Waals surface area (Å²) in [6.07, 6.45) is 1.69. The van der Waals surface area contributed by atoms with Gasteiger partial charge in [-0.2, -0.15) is 0 Å². The highest BCUT2D eigenvalue weighted by Crippen LogP contribution is 2.24. The maximum Gasteiger partial charge on any atom is 0.222 e. The molecule has 1 saturated heterocycles. The van der Waals surface area contributed by atoms with Crippen molar-refractivity contribution in [3.63, 3.8) is 0 Å². The Morgan fingerprint density at radius 2 is 2.14 bits per heavy atom. The van der Waals surface area contributed by atoms with Crippen LogP contribution in [0, 0.1) is 0 Å². The average Bonchev–Trinajstić information content (AvgIpc) is 3.05. The number of nitrogens with zero attached hydrogens (tertiary/aromatic N) is 1. The van der Waals surface area contributed by atoms with Gasteiger partial charge in [-0.3, -0.25) is 4.79 Å². The van der Waals surface area contributed by atoms with Crippen molar-refractivity contribution in [3.8, 4) is 0 Å². The van der Waals surface area contributed by atoms with E-state index in [1.54, 1.807) is 0 Å². The van der Waals surface area contributed by atoms with Crippen LogP contribution in [0.5, 0.6) is 0 Å². The minimum Gasteiger partial charge on any atom is -0.459 e. The van der Waals surface area contributed by atoms with E-state index in [1.165, 1.54) is 0 Å². The zero-order valence-electron chi connectivity index (χ0n) is 12.6. The van der Waals surface area contributed by atoms with Gasteiger partial charge >= 0.3 is 0 Å². The van der Waals surface area contributed by atoms with Crippen LogP contribution in [-0.2, 0) is 4.79 Å². The zero-order valence-corrected chi connectivity index (χ0v) is 12.6. The highest BCUT2D eigenvalue weighted by atomic mass is 16.3. The Kier molecular flexibility index (Phi) is 3.97. The van der Waals surface area contributed by atoms with Crippen LogP contribution in [0.4, 0.5) is 0 Å². The summed E-state index contributed by atoms with van der Waals surface area (Å²) < 4.78 is 5.88. The number of rotatable bonds is 5. The third-order valence-electron chi connectivity index (χ3n) is 4.07. The summed E-state index contributed by atoms with van der Waals surface area (Å²) in [7, 11) is 0. The van der Waals surface area contributed by atoms with Gasteiger partial charge in [0.25, 0.3) is 0 Å². The molecule has 2 aromatic rings. The molecule has 1 N–H and O–H groups in total. The van der Waals surface area contributed by atoms with Gasteiger partial charge < -0.3 is 14.6 Å². The van der Waals surface area contributed by atoms with Crippen LogP contribution in [0.25, 0.3) is 11.0 Å². The van der Waals surface area contributed by atoms with E-state index in [2.05, 4.69) is 31.3 Å². The van der Waals surface area contributed by atoms with Crippen molar-refractivity contribution in [2.24, 2.45) is 0 Å². The minimum absolute atomic E-state index is 0.130. The topological polar surface area (TPSA) is 45.5 Å². The molecule has 1 aromatic heterocycles. The molecule has 2 atom stereocenters. The van der Waals surface area contributed by atoms with Crippen LogP contribution in [0.2, 0.25) is 0 Å². The fraction of sp³-hybridized carbons (Fsp3) is 0.471. The lowest BCUT2D eigenvalue weighted by molar-refractivity contribution is -0.127. The highest BCUT2D eigenvalue weighted by molar-refractivity contribution is 5.78. The van der Waals surface area contributed by atoms with E-state index in [1.807, 2.05) is 23.1 Å². The number of hydrogen-bond acceptors (Lipinski definition) is 3. The third-order valence-corrected chi connectivity index (χ3v) is 4.07. The second kappa shape index (κ2) is 5.90. The molecule has 0 saturated carbocycles. The number of carbonyl (C=O) groups is 1. The first-order chi connectivity index (χ1) is 10.1. The maximum absolute atomic E-state index is 11.7. The van der Waals surface area contributed by atoms with Gasteiger partial charge in [-0.25, -0.2) is 0 Å². The number of hydrogen-bond donors (Lipinski definition) is 1. The third kappa shape index (κ3) is 3.10. The molecule has 4 nitrogen and oxygen atoms in total. The predicted molar refractivity (Wildman–Crippen MR) is 83.0 cm³/mol. The van der Waals surface area contributed by atoms with Gasteiger partial charge in [0.05, 0.1) is 6.04 Å². The van der Waals surface area contributed by atoms with Crippen LogP contribution in [0.3, 0.4) is 0 Å². The Balaban J connectivity index is 1.62. The molecule has 1 aliphatic heterocycles. The lowest BCUT2D eigenvalue weighted by atomic mass is 10.2.